The van der Waals surface area contributed by atoms with Crippen molar-refractivity contribution in [1.29, 1.82) is 0 Å². The molecule has 1 aromatic rings. The van der Waals surface area contributed by atoms with E-state index in [0.29, 0.717) is 12.0 Å². The van der Waals surface area contributed by atoms with E-state index < -0.39 is 0 Å². The van der Waals surface area contributed by atoms with Crippen LogP contribution >= 0.6 is 0 Å². The zero-order chi connectivity index (χ0) is 10.4. The SMILES string of the molecule is CCc1cc2c(o1)CC(C)C2NC1CC1. The monoisotopic (exact) mass is 205 g/mol. The Morgan fingerprint density at radius 1 is 1.47 bits per heavy atom. The van der Waals surface area contributed by atoms with E-state index in [-0.39, 0.29) is 0 Å². The molecule has 0 saturated heterocycles. The first-order chi connectivity index (χ1) is 7.28. The Bertz CT molecular complexity index is 365. The van der Waals surface area contributed by atoms with Gasteiger partial charge in [0, 0.05) is 30.5 Å². The average molecular weight is 205 g/mol. The number of aryl methyl sites for hydroxylation is 1. The summed E-state index contributed by atoms with van der Waals surface area (Å²) in [5.74, 6) is 3.08. The lowest BCUT2D eigenvalue weighted by atomic mass is 10.0. The van der Waals surface area contributed by atoms with Gasteiger partial charge < -0.3 is 9.73 Å². The molecule has 0 aromatic carbocycles. The highest BCUT2D eigenvalue weighted by Gasteiger charge is 2.36. The van der Waals surface area contributed by atoms with Crippen molar-refractivity contribution >= 4 is 0 Å². The van der Waals surface area contributed by atoms with Gasteiger partial charge in [0.25, 0.3) is 0 Å². The normalized spacial score (nSPS) is 29.5. The Kier molecular flexibility index (Phi) is 2.13. The van der Waals surface area contributed by atoms with Gasteiger partial charge in [-0.05, 0) is 24.8 Å². The predicted molar refractivity (Wildman–Crippen MR) is 59.9 cm³/mol. The van der Waals surface area contributed by atoms with Crippen LogP contribution in [0.5, 0.6) is 0 Å². The summed E-state index contributed by atoms with van der Waals surface area (Å²) in [6, 6.07) is 3.60. The molecule has 0 bridgehead atoms. The average Bonchev–Trinajstić information content (AvgIpc) is 2.88. The molecule has 1 N–H and O–H groups in total. The van der Waals surface area contributed by atoms with Crippen molar-refractivity contribution in [3.63, 3.8) is 0 Å². The first-order valence-corrected chi connectivity index (χ1v) is 6.15. The van der Waals surface area contributed by atoms with Crippen molar-refractivity contribution < 1.29 is 4.42 Å². The molecule has 82 valence electrons. The topological polar surface area (TPSA) is 25.2 Å². The van der Waals surface area contributed by atoms with E-state index in [9.17, 15) is 0 Å². The lowest BCUT2D eigenvalue weighted by Crippen LogP contribution is -2.25. The molecule has 1 heterocycles. The molecule has 0 radical (unpaired) electrons. The Labute approximate surface area is 91.0 Å². The number of furan rings is 1. The molecule has 2 nitrogen and oxygen atoms in total. The number of rotatable bonds is 3. The van der Waals surface area contributed by atoms with Gasteiger partial charge in [0.1, 0.15) is 11.5 Å². The maximum Gasteiger partial charge on any atom is 0.109 e. The second-order valence-corrected chi connectivity index (χ2v) is 5.04. The first-order valence-electron chi connectivity index (χ1n) is 6.15. The molecule has 2 heteroatoms. The maximum absolute atomic E-state index is 5.84. The summed E-state index contributed by atoms with van der Waals surface area (Å²) in [6.07, 6.45) is 4.84. The van der Waals surface area contributed by atoms with E-state index in [4.69, 9.17) is 4.42 Å². The number of nitrogens with one attached hydrogen (secondary N) is 1. The van der Waals surface area contributed by atoms with Gasteiger partial charge in [-0.25, -0.2) is 0 Å². The van der Waals surface area contributed by atoms with Crippen molar-refractivity contribution in [3.05, 3.63) is 23.2 Å². The van der Waals surface area contributed by atoms with Crippen LogP contribution in [0.1, 0.15) is 49.8 Å². The van der Waals surface area contributed by atoms with Gasteiger partial charge in [0.05, 0.1) is 0 Å². The minimum Gasteiger partial charge on any atom is -0.466 e. The fourth-order valence-corrected chi connectivity index (χ4v) is 2.57. The van der Waals surface area contributed by atoms with Gasteiger partial charge in [-0.1, -0.05) is 13.8 Å². The molecule has 0 aliphatic heterocycles. The van der Waals surface area contributed by atoms with Crippen molar-refractivity contribution in [3.8, 4) is 0 Å². The van der Waals surface area contributed by atoms with E-state index in [0.717, 1.165) is 24.6 Å². The lowest BCUT2D eigenvalue weighted by Gasteiger charge is -2.17. The second kappa shape index (κ2) is 3.38. The number of fused-ring (bicyclic) bond motifs is 1. The molecular weight excluding hydrogens is 186 g/mol. The van der Waals surface area contributed by atoms with E-state index in [1.807, 2.05) is 0 Å². The second-order valence-electron chi connectivity index (χ2n) is 5.04. The van der Waals surface area contributed by atoms with Crippen LogP contribution in [0.15, 0.2) is 10.5 Å². The molecule has 2 atom stereocenters. The molecule has 2 aliphatic rings. The third-order valence-corrected chi connectivity index (χ3v) is 3.65. The largest absolute Gasteiger partial charge is 0.466 e. The summed E-state index contributed by atoms with van der Waals surface area (Å²) in [6.45, 7) is 4.47. The highest BCUT2D eigenvalue weighted by atomic mass is 16.3. The Morgan fingerprint density at radius 2 is 2.27 bits per heavy atom. The summed E-state index contributed by atoms with van der Waals surface area (Å²) in [5, 5.41) is 3.74. The van der Waals surface area contributed by atoms with Gasteiger partial charge in [-0.15, -0.1) is 0 Å². The highest BCUT2D eigenvalue weighted by molar-refractivity contribution is 5.31. The first kappa shape index (κ1) is 9.46. The summed E-state index contributed by atoms with van der Waals surface area (Å²) in [7, 11) is 0. The van der Waals surface area contributed by atoms with Crippen molar-refractivity contribution in [2.75, 3.05) is 0 Å². The summed E-state index contributed by atoms with van der Waals surface area (Å²) in [5.41, 5.74) is 1.44. The van der Waals surface area contributed by atoms with Crippen LogP contribution in [0, 0.1) is 5.92 Å². The Balaban J connectivity index is 1.85. The summed E-state index contributed by atoms with van der Waals surface area (Å²) in [4.78, 5) is 0. The van der Waals surface area contributed by atoms with Gasteiger partial charge in [0.15, 0.2) is 0 Å². The molecule has 3 rings (SSSR count). The van der Waals surface area contributed by atoms with Crippen LogP contribution in [0.3, 0.4) is 0 Å². The minimum absolute atomic E-state index is 0.552. The minimum atomic E-state index is 0.552. The summed E-state index contributed by atoms with van der Waals surface area (Å²) >= 11 is 0. The highest BCUT2D eigenvalue weighted by Crippen LogP contribution is 2.40. The quantitative estimate of drug-likeness (QED) is 0.820. The van der Waals surface area contributed by atoms with Crippen molar-refractivity contribution in [2.24, 2.45) is 5.92 Å². The molecule has 2 aliphatic carbocycles. The lowest BCUT2D eigenvalue weighted by molar-refractivity contribution is 0.395. The van der Waals surface area contributed by atoms with Crippen LogP contribution < -0.4 is 5.32 Å². The predicted octanol–water partition coefficient (Wildman–Crippen LogP) is 2.83. The third kappa shape index (κ3) is 1.61. The zero-order valence-corrected chi connectivity index (χ0v) is 9.55. The molecule has 1 fully saturated rings. The molecule has 1 saturated carbocycles. The molecule has 2 unspecified atom stereocenters. The Hall–Kier alpha value is -0.760. The van der Waals surface area contributed by atoms with Gasteiger partial charge in [-0.3, -0.25) is 0 Å². The zero-order valence-electron chi connectivity index (χ0n) is 9.55. The smallest absolute Gasteiger partial charge is 0.109 e. The van der Waals surface area contributed by atoms with E-state index in [2.05, 4.69) is 25.2 Å². The number of hydrogen-bond acceptors (Lipinski definition) is 2. The van der Waals surface area contributed by atoms with Crippen molar-refractivity contribution in [2.45, 2.75) is 51.6 Å². The molecule has 0 amide bonds. The van der Waals surface area contributed by atoms with Crippen molar-refractivity contribution in [1.82, 2.24) is 5.32 Å². The summed E-state index contributed by atoms with van der Waals surface area (Å²) < 4.78 is 5.84. The van der Waals surface area contributed by atoms with E-state index >= 15 is 0 Å². The van der Waals surface area contributed by atoms with E-state index in [1.165, 1.54) is 24.2 Å². The van der Waals surface area contributed by atoms with Crippen LogP contribution in [0.4, 0.5) is 0 Å². The van der Waals surface area contributed by atoms with Gasteiger partial charge >= 0.3 is 0 Å². The Morgan fingerprint density at radius 3 is 2.93 bits per heavy atom. The standard InChI is InChI=1S/C13H19NO/c1-3-10-7-11-12(15-10)6-8(2)13(11)14-9-4-5-9/h7-9,13-14H,3-6H2,1-2H3. The van der Waals surface area contributed by atoms with Crippen LogP contribution in [-0.2, 0) is 12.8 Å². The molecular formula is C13H19NO. The van der Waals surface area contributed by atoms with Crippen LogP contribution in [0.2, 0.25) is 0 Å². The molecule has 1 aromatic heterocycles. The van der Waals surface area contributed by atoms with Crippen LogP contribution in [0.25, 0.3) is 0 Å². The fourth-order valence-electron chi connectivity index (χ4n) is 2.57. The fraction of sp³-hybridized carbons (Fsp3) is 0.692. The van der Waals surface area contributed by atoms with Gasteiger partial charge in [0.2, 0.25) is 0 Å². The van der Waals surface area contributed by atoms with Gasteiger partial charge in [-0.2, -0.15) is 0 Å². The maximum atomic E-state index is 5.84. The molecule has 0 spiro atoms. The van der Waals surface area contributed by atoms with E-state index in [1.54, 1.807) is 0 Å². The van der Waals surface area contributed by atoms with Crippen LogP contribution in [-0.4, -0.2) is 6.04 Å². The molecule has 15 heavy (non-hydrogen) atoms. The third-order valence-electron chi connectivity index (χ3n) is 3.65. The number of hydrogen-bond donors (Lipinski definition) is 1.